The Labute approximate surface area is 105 Å². The maximum atomic E-state index is 12.5. The lowest BCUT2D eigenvalue weighted by Gasteiger charge is -2.22. The summed E-state index contributed by atoms with van der Waals surface area (Å²) >= 11 is 0. The molecule has 1 N–H and O–H groups in total. The first-order valence-electron chi connectivity index (χ1n) is 6.25. The predicted molar refractivity (Wildman–Crippen MR) is 63.1 cm³/mol. The van der Waals surface area contributed by atoms with Crippen LogP contribution in [0.25, 0.3) is 0 Å². The van der Waals surface area contributed by atoms with Gasteiger partial charge in [0.25, 0.3) is 0 Å². The number of anilines is 1. The third-order valence-corrected chi connectivity index (χ3v) is 3.27. The number of nitrogens with one attached hydrogen (secondary N) is 1. The van der Waals surface area contributed by atoms with Crippen molar-refractivity contribution in [3.05, 3.63) is 23.9 Å². The number of alkyl halides is 3. The molecule has 0 aliphatic heterocycles. The Morgan fingerprint density at radius 3 is 2.67 bits per heavy atom. The molecule has 0 atom stereocenters. The lowest BCUT2D eigenvalue weighted by molar-refractivity contribution is -0.141. The van der Waals surface area contributed by atoms with Gasteiger partial charge in [-0.2, -0.15) is 13.2 Å². The van der Waals surface area contributed by atoms with Crippen LogP contribution in [-0.4, -0.2) is 11.5 Å². The first-order valence-corrected chi connectivity index (χ1v) is 6.25. The van der Waals surface area contributed by atoms with Crippen molar-refractivity contribution in [3.8, 4) is 0 Å². The second-order valence-corrected chi connectivity index (χ2v) is 4.71. The standard InChI is InChI=1S/C13H16F3N2/c14-13(15,16)11-7-4-8-12(18-11)17-9-10-5-2-1-3-6-10/h4,7,10H,1-3,5-6,9H2,(H,17,18). The van der Waals surface area contributed by atoms with Crippen LogP contribution in [-0.2, 0) is 6.18 Å². The highest BCUT2D eigenvalue weighted by Gasteiger charge is 2.32. The third-order valence-electron chi connectivity index (χ3n) is 3.27. The predicted octanol–water partition coefficient (Wildman–Crippen LogP) is 3.89. The monoisotopic (exact) mass is 257 g/mol. The summed E-state index contributed by atoms with van der Waals surface area (Å²) in [5.41, 5.74) is -0.868. The van der Waals surface area contributed by atoms with Crippen molar-refractivity contribution in [1.29, 1.82) is 0 Å². The maximum absolute atomic E-state index is 12.5. The summed E-state index contributed by atoms with van der Waals surface area (Å²) in [6, 6.07) is 4.90. The Bertz CT molecular complexity index is 384. The summed E-state index contributed by atoms with van der Waals surface area (Å²) in [5.74, 6) is 0.735. The highest BCUT2D eigenvalue weighted by molar-refractivity contribution is 5.34. The lowest BCUT2D eigenvalue weighted by Crippen LogP contribution is -2.18. The quantitative estimate of drug-likeness (QED) is 0.888. The van der Waals surface area contributed by atoms with E-state index in [2.05, 4.69) is 16.4 Å². The van der Waals surface area contributed by atoms with E-state index >= 15 is 0 Å². The number of rotatable bonds is 3. The molecule has 0 aromatic carbocycles. The van der Waals surface area contributed by atoms with Crippen molar-refractivity contribution in [1.82, 2.24) is 4.98 Å². The summed E-state index contributed by atoms with van der Waals surface area (Å²) in [4.78, 5) is 3.54. The summed E-state index contributed by atoms with van der Waals surface area (Å²) < 4.78 is 37.4. The molecule has 0 spiro atoms. The molecule has 2 rings (SSSR count). The fourth-order valence-electron chi connectivity index (χ4n) is 2.27. The number of hydrogen-bond donors (Lipinski definition) is 1. The molecule has 0 saturated heterocycles. The van der Waals surface area contributed by atoms with Gasteiger partial charge in [-0.1, -0.05) is 19.3 Å². The van der Waals surface area contributed by atoms with Crippen molar-refractivity contribution in [2.45, 2.75) is 38.3 Å². The van der Waals surface area contributed by atoms with Crippen molar-refractivity contribution in [2.24, 2.45) is 5.92 Å². The third kappa shape index (κ3) is 3.62. The highest BCUT2D eigenvalue weighted by Crippen LogP contribution is 2.28. The summed E-state index contributed by atoms with van der Waals surface area (Å²) in [5, 5.41) is 2.96. The van der Waals surface area contributed by atoms with Gasteiger partial charge in [0.1, 0.15) is 11.5 Å². The van der Waals surface area contributed by atoms with Gasteiger partial charge in [0.2, 0.25) is 0 Å². The molecule has 1 aromatic rings. The minimum absolute atomic E-state index is 0.190. The van der Waals surface area contributed by atoms with E-state index in [0.29, 0.717) is 12.5 Å². The normalized spacial score (nSPS) is 17.7. The zero-order valence-electron chi connectivity index (χ0n) is 10.1. The van der Waals surface area contributed by atoms with Crippen LogP contribution in [0.15, 0.2) is 12.1 Å². The maximum Gasteiger partial charge on any atom is 0.433 e. The molecule has 0 bridgehead atoms. The van der Waals surface area contributed by atoms with Crippen LogP contribution >= 0.6 is 0 Å². The lowest BCUT2D eigenvalue weighted by atomic mass is 9.89. The molecule has 0 unspecified atom stereocenters. The van der Waals surface area contributed by atoms with E-state index in [4.69, 9.17) is 0 Å². The smallest absolute Gasteiger partial charge is 0.369 e. The Balaban J connectivity index is 1.92. The molecule has 1 aliphatic carbocycles. The van der Waals surface area contributed by atoms with Gasteiger partial charge >= 0.3 is 6.18 Å². The number of halogens is 3. The number of aromatic nitrogens is 1. The van der Waals surface area contributed by atoms with Gasteiger partial charge in [-0.25, -0.2) is 4.98 Å². The fourth-order valence-corrected chi connectivity index (χ4v) is 2.27. The average Bonchev–Trinajstić information content (AvgIpc) is 2.37. The van der Waals surface area contributed by atoms with Crippen LogP contribution in [0.4, 0.5) is 19.0 Å². The van der Waals surface area contributed by atoms with E-state index in [1.165, 1.54) is 25.3 Å². The van der Waals surface area contributed by atoms with E-state index in [1.807, 2.05) is 0 Å². The molecule has 1 radical (unpaired) electrons. The van der Waals surface area contributed by atoms with Gasteiger partial charge in [0.05, 0.1) is 0 Å². The molecule has 0 amide bonds. The Kier molecular flexibility index (Phi) is 4.09. The molecule has 2 nitrogen and oxygen atoms in total. The van der Waals surface area contributed by atoms with Crippen molar-refractivity contribution < 1.29 is 13.2 Å². The van der Waals surface area contributed by atoms with Gasteiger partial charge in [-0.05, 0) is 30.9 Å². The second kappa shape index (κ2) is 5.59. The Morgan fingerprint density at radius 2 is 2.00 bits per heavy atom. The molecule has 1 aliphatic rings. The van der Waals surface area contributed by atoms with Crippen LogP contribution in [0.3, 0.4) is 0 Å². The molecular formula is C13H16F3N2. The SMILES string of the molecule is FC(F)(F)c1cc[c]c(NCC2CCCCC2)n1. The summed E-state index contributed by atoms with van der Waals surface area (Å²) in [7, 11) is 0. The van der Waals surface area contributed by atoms with Crippen molar-refractivity contribution in [3.63, 3.8) is 0 Å². The van der Waals surface area contributed by atoms with E-state index in [9.17, 15) is 13.2 Å². The largest absolute Gasteiger partial charge is 0.433 e. The molecule has 5 heteroatoms. The molecule has 18 heavy (non-hydrogen) atoms. The molecule has 1 heterocycles. The second-order valence-electron chi connectivity index (χ2n) is 4.71. The van der Waals surface area contributed by atoms with Gasteiger partial charge < -0.3 is 5.32 Å². The van der Waals surface area contributed by atoms with Crippen molar-refractivity contribution in [2.75, 3.05) is 11.9 Å². The van der Waals surface area contributed by atoms with Crippen molar-refractivity contribution >= 4 is 5.82 Å². The van der Waals surface area contributed by atoms with E-state index in [-0.39, 0.29) is 5.82 Å². The number of nitrogens with zero attached hydrogens (tertiary/aromatic N) is 1. The number of hydrogen-bond acceptors (Lipinski definition) is 2. The van der Waals surface area contributed by atoms with E-state index in [0.717, 1.165) is 18.9 Å². The molecule has 99 valence electrons. The molecule has 1 saturated carbocycles. The minimum atomic E-state index is -4.39. The van der Waals surface area contributed by atoms with Gasteiger partial charge in [-0.3, -0.25) is 0 Å². The zero-order chi connectivity index (χ0) is 13.0. The molecule has 1 aromatic heterocycles. The van der Waals surface area contributed by atoms with Crippen LogP contribution in [0.1, 0.15) is 37.8 Å². The van der Waals surface area contributed by atoms with Crippen LogP contribution in [0.5, 0.6) is 0 Å². The summed E-state index contributed by atoms with van der Waals surface area (Å²) in [6.45, 7) is 0.685. The van der Waals surface area contributed by atoms with Gasteiger partial charge in [-0.15, -0.1) is 0 Å². The topological polar surface area (TPSA) is 24.9 Å². The highest BCUT2D eigenvalue weighted by atomic mass is 19.4. The zero-order valence-corrected chi connectivity index (χ0v) is 10.1. The van der Waals surface area contributed by atoms with Crippen LogP contribution < -0.4 is 5.32 Å². The molecule has 1 fully saturated rings. The number of pyridine rings is 1. The first-order chi connectivity index (χ1) is 8.55. The van der Waals surface area contributed by atoms with E-state index < -0.39 is 11.9 Å². The molecular weight excluding hydrogens is 241 g/mol. The van der Waals surface area contributed by atoms with Crippen LogP contribution in [0, 0.1) is 12.0 Å². The summed E-state index contributed by atoms with van der Waals surface area (Å²) in [6.07, 6.45) is 1.59. The van der Waals surface area contributed by atoms with Gasteiger partial charge in [0, 0.05) is 12.6 Å². The minimum Gasteiger partial charge on any atom is -0.369 e. The average molecular weight is 257 g/mol. The fraction of sp³-hybridized carbons (Fsp3) is 0.615. The van der Waals surface area contributed by atoms with Crippen LogP contribution in [0.2, 0.25) is 0 Å². The Morgan fingerprint density at radius 1 is 1.28 bits per heavy atom. The Hall–Kier alpha value is -1.26. The van der Waals surface area contributed by atoms with E-state index in [1.54, 1.807) is 0 Å². The first kappa shape index (κ1) is 13.2. The van der Waals surface area contributed by atoms with Gasteiger partial charge in [0.15, 0.2) is 0 Å².